The van der Waals surface area contributed by atoms with Crippen LogP contribution in [0, 0.1) is 0 Å². The van der Waals surface area contributed by atoms with Crippen LogP contribution in [0.3, 0.4) is 0 Å². The number of nitrogens with zero attached hydrogens (tertiary/aromatic N) is 4. The van der Waals surface area contributed by atoms with E-state index in [4.69, 9.17) is 0 Å². The maximum absolute atomic E-state index is 13.2. The Hall–Kier alpha value is -2.46. The molecule has 1 atom stereocenters. The Morgan fingerprint density at radius 3 is 2.59 bits per heavy atom. The Balaban J connectivity index is 1.98. The maximum atomic E-state index is 13.2. The fraction of sp³-hybridized carbons (Fsp3) is 0.500. The van der Waals surface area contributed by atoms with E-state index in [-0.39, 0.29) is 13.0 Å². The van der Waals surface area contributed by atoms with Gasteiger partial charge in [-0.15, -0.1) is 11.3 Å². The lowest BCUT2D eigenvalue weighted by Crippen LogP contribution is -2.51. The third kappa shape index (κ3) is 4.52. The summed E-state index contributed by atoms with van der Waals surface area (Å²) in [6, 6.07) is 2.07. The van der Waals surface area contributed by atoms with Crippen LogP contribution >= 0.6 is 11.3 Å². The van der Waals surface area contributed by atoms with Crippen molar-refractivity contribution in [3.8, 4) is 0 Å². The molecule has 0 spiro atoms. The third-order valence-electron chi connectivity index (χ3n) is 6.05. The van der Waals surface area contributed by atoms with Crippen LogP contribution in [0.15, 0.2) is 29.9 Å². The lowest BCUT2D eigenvalue weighted by molar-refractivity contribution is -0.137. The zero-order chi connectivity index (χ0) is 23.7. The van der Waals surface area contributed by atoms with Crippen LogP contribution in [0.2, 0.25) is 0 Å². The van der Waals surface area contributed by atoms with Crippen LogP contribution in [-0.4, -0.2) is 53.3 Å². The van der Waals surface area contributed by atoms with Gasteiger partial charge in [-0.2, -0.15) is 13.2 Å². The maximum Gasteiger partial charge on any atom is 0.417 e. The number of carbonyl (C=O) groups excluding carboxylic acids is 2. The van der Waals surface area contributed by atoms with Crippen molar-refractivity contribution in [3.63, 3.8) is 0 Å². The second-order valence-corrected chi connectivity index (χ2v) is 9.12. The topological polar surface area (TPSA) is 56.8 Å². The van der Waals surface area contributed by atoms with E-state index < -0.39 is 29.1 Å². The van der Waals surface area contributed by atoms with E-state index in [1.807, 2.05) is 24.8 Å². The first-order valence-electron chi connectivity index (χ1n) is 10.4. The SMILES string of the molecule is CCN(CC)c1cnccc1CN1CN(c2cc(C(F)(F)F)cs2)C(C(=O)C=O)C1(C)C. The molecule has 2 aromatic heterocycles. The number of hydrogen-bond donors (Lipinski definition) is 0. The Morgan fingerprint density at radius 1 is 1.34 bits per heavy atom. The molecule has 1 saturated heterocycles. The van der Waals surface area contributed by atoms with Crippen LogP contribution in [0.4, 0.5) is 23.9 Å². The second kappa shape index (κ2) is 9.19. The Labute approximate surface area is 189 Å². The van der Waals surface area contributed by atoms with Crippen LogP contribution < -0.4 is 9.80 Å². The number of pyridine rings is 1. The molecule has 3 rings (SSSR count). The Bertz CT molecular complexity index is 972. The average Bonchev–Trinajstić information content (AvgIpc) is 3.33. The fourth-order valence-electron chi connectivity index (χ4n) is 4.25. The molecule has 0 aromatic carbocycles. The van der Waals surface area contributed by atoms with Crippen molar-refractivity contribution in [3.05, 3.63) is 41.0 Å². The number of rotatable bonds is 8. The molecule has 1 aliphatic rings. The molecule has 1 unspecified atom stereocenters. The van der Waals surface area contributed by atoms with Crippen molar-refractivity contribution in [2.45, 2.75) is 52.0 Å². The monoisotopic (exact) mass is 468 g/mol. The van der Waals surface area contributed by atoms with Crippen molar-refractivity contribution in [1.82, 2.24) is 9.88 Å². The number of aldehydes is 1. The summed E-state index contributed by atoms with van der Waals surface area (Å²) in [5, 5.41) is 1.35. The minimum Gasteiger partial charge on any atom is -0.371 e. The van der Waals surface area contributed by atoms with E-state index in [0.29, 0.717) is 11.5 Å². The minimum atomic E-state index is -4.47. The van der Waals surface area contributed by atoms with E-state index >= 15 is 0 Å². The summed E-state index contributed by atoms with van der Waals surface area (Å²) in [6.45, 7) is 10.1. The molecule has 0 N–H and O–H groups in total. The van der Waals surface area contributed by atoms with E-state index in [0.717, 1.165) is 47.1 Å². The molecule has 10 heteroatoms. The predicted octanol–water partition coefficient (Wildman–Crippen LogP) is 4.20. The van der Waals surface area contributed by atoms with E-state index in [1.54, 1.807) is 17.3 Å². The molecule has 3 heterocycles. The number of anilines is 2. The minimum absolute atomic E-state index is 0.217. The largest absolute Gasteiger partial charge is 0.417 e. The fourth-order valence-corrected chi connectivity index (χ4v) is 5.19. The Morgan fingerprint density at radius 2 is 2.03 bits per heavy atom. The van der Waals surface area contributed by atoms with Gasteiger partial charge < -0.3 is 9.80 Å². The van der Waals surface area contributed by atoms with Gasteiger partial charge in [-0.05, 0) is 45.4 Å². The molecular formula is C22H27F3N4O2S. The quantitative estimate of drug-likeness (QED) is 0.428. The molecule has 1 fully saturated rings. The molecule has 174 valence electrons. The van der Waals surface area contributed by atoms with Gasteiger partial charge in [0.05, 0.1) is 29.1 Å². The smallest absolute Gasteiger partial charge is 0.371 e. The van der Waals surface area contributed by atoms with Gasteiger partial charge in [0.25, 0.3) is 0 Å². The van der Waals surface area contributed by atoms with Gasteiger partial charge in [0.2, 0.25) is 5.78 Å². The number of aromatic nitrogens is 1. The molecule has 0 aliphatic carbocycles. The molecule has 0 bridgehead atoms. The summed E-state index contributed by atoms with van der Waals surface area (Å²) in [5.74, 6) is -0.654. The number of halogens is 3. The number of Topliss-reactive ketones (excluding diaryl/α,β-unsaturated/α-hetero) is 1. The Kier molecular flexibility index (Phi) is 6.94. The first-order chi connectivity index (χ1) is 15.0. The van der Waals surface area contributed by atoms with Crippen LogP contribution in [-0.2, 0) is 22.3 Å². The van der Waals surface area contributed by atoms with E-state index in [9.17, 15) is 22.8 Å². The lowest BCUT2D eigenvalue weighted by Gasteiger charge is -2.34. The number of thiophene rings is 1. The summed E-state index contributed by atoms with van der Waals surface area (Å²) in [6.07, 6.45) is -0.712. The standard InChI is InChI=1S/C22H27F3N4O2S/c1-5-27(6-2)17-10-26-8-7-15(17)11-28-14-29(20(18(31)12-30)21(28,3)4)19-9-16(13-32-19)22(23,24)25/h7-10,12-13,20H,5-6,11,14H2,1-4H3. The first-order valence-corrected chi connectivity index (χ1v) is 11.3. The molecule has 1 aliphatic heterocycles. The summed E-state index contributed by atoms with van der Waals surface area (Å²) in [4.78, 5) is 34.1. The van der Waals surface area contributed by atoms with Crippen molar-refractivity contribution in [2.75, 3.05) is 29.6 Å². The molecule has 0 radical (unpaired) electrons. The zero-order valence-electron chi connectivity index (χ0n) is 18.5. The van der Waals surface area contributed by atoms with Crippen molar-refractivity contribution >= 4 is 34.1 Å². The third-order valence-corrected chi connectivity index (χ3v) is 7.02. The zero-order valence-corrected chi connectivity index (χ0v) is 19.3. The summed E-state index contributed by atoms with van der Waals surface area (Å²) >= 11 is 0.923. The molecular weight excluding hydrogens is 441 g/mol. The highest BCUT2D eigenvalue weighted by Gasteiger charge is 2.50. The molecule has 0 saturated carbocycles. The average molecular weight is 469 g/mol. The second-order valence-electron chi connectivity index (χ2n) is 8.23. The molecule has 6 nitrogen and oxygen atoms in total. The van der Waals surface area contributed by atoms with Crippen LogP contribution in [0.5, 0.6) is 0 Å². The highest BCUT2D eigenvalue weighted by Crippen LogP contribution is 2.42. The number of ketones is 1. The summed E-state index contributed by atoms with van der Waals surface area (Å²) in [7, 11) is 0. The normalized spacial score (nSPS) is 18.7. The van der Waals surface area contributed by atoms with Crippen LogP contribution in [0.1, 0.15) is 38.8 Å². The van der Waals surface area contributed by atoms with Crippen molar-refractivity contribution in [2.24, 2.45) is 0 Å². The number of carbonyl (C=O) groups is 2. The number of hydrogen-bond acceptors (Lipinski definition) is 7. The van der Waals surface area contributed by atoms with Crippen molar-refractivity contribution < 1.29 is 22.8 Å². The lowest BCUT2D eigenvalue weighted by atomic mass is 9.91. The van der Waals surface area contributed by atoms with Gasteiger partial charge in [-0.25, -0.2) is 0 Å². The van der Waals surface area contributed by atoms with Crippen LogP contribution in [0.25, 0.3) is 0 Å². The summed E-state index contributed by atoms with van der Waals surface area (Å²) < 4.78 is 39.5. The predicted molar refractivity (Wildman–Crippen MR) is 119 cm³/mol. The van der Waals surface area contributed by atoms with E-state index in [2.05, 4.69) is 23.7 Å². The first kappa shape index (κ1) is 24.2. The van der Waals surface area contributed by atoms with Gasteiger partial charge >= 0.3 is 6.18 Å². The van der Waals surface area contributed by atoms with Gasteiger partial charge in [0.15, 0.2) is 6.29 Å². The highest BCUT2D eigenvalue weighted by molar-refractivity contribution is 7.14. The van der Waals surface area contributed by atoms with Crippen molar-refractivity contribution in [1.29, 1.82) is 0 Å². The molecule has 2 aromatic rings. The molecule has 32 heavy (non-hydrogen) atoms. The van der Waals surface area contributed by atoms with E-state index in [1.165, 1.54) is 0 Å². The van der Waals surface area contributed by atoms with Gasteiger partial charge in [-0.3, -0.25) is 19.5 Å². The van der Waals surface area contributed by atoms with Gasteiger partial charge in [0, 0.05) is 36.8 Å². The van der Waals surface area contributed by atoms with Gasteiger partial charge in [0.1, 0.15) is 6.04 Å². The molecule has 0 amide bonds. The summed E-state index contributed by atoms with van der Waals surface area (Å²) in [5.41, 5.74) is 0.423. The number of alkyl halides is 3. The highest BCUT2D eigenvalue weighted by atomic mass is 32.1. The van der Waals surface area contributed by atoms with Gasteiger partial charge in [-0.1, -0.05) is 0 Å².